The highest BCUT2D eigenvalue weighted by Crippen LogP contribution is 2.44. The summed E-state index contributed by atoms with van der Waals surface area (Å²) in [5.74, 6) is 2.41. The molecule has 1 saturated heterocycles. The van der Waals surface area contributed by atoms with Crippen molar-refractivity contribution in [3.63, 3.8) is 0 Å². The van der Waals surface area contributed by atoms with Gasteiger partial charge in [0.05, 0.1) is 0 Å². The van der Waals surface area contributed by atoms with Crippen molar-refractivity contribution in [2.24, 2.45) is 17.8 Å². The Morgan fingerprint density at radius 1 is 1.23 bits per heavy atom. The average molecular weight is 184 g/mol. The minimum atomic E-state index is 0.359. The van der Waals surface area contributed by atoms with E-state index in [1.807, 2.05) is 0 Å². The summed E-state index contributed by atoms with van der Waals surface area (Å²) in [6.45, 7) is 2.26. The lowest BCUT2D eigenvalue weighted by atomic mass is 9.82. The maximum atomic E-state index is 9.00. The van der Waals surface area contributed by atoms with Crippen molar-refractivity contribution < 1.29 is 9.84 Å². The van der Waals surface area contributed by atoms with E-state index in [-0.39, 0.29) is 0 Å². The first-order chi connectivity index (χ1) is 6.42. The van der Waals surface area contributed by atoms with Crippen LogP contribution in [0.3, 0.4) is 0 Å². The third-order valence-corrected chi connectivity index (χ3v) is 3.49. The second-order valence-electron chi connectivity index (χ2n) is 4.49. The van der Waals surface area contributed by atoms with Gasteiger partial charge in [0, 0.05) is 19.8 Å². The Labute approximate surface area is 80.3 Å². The van der Waals surface area contributed by atoms with Gasteiger partial charge in [-0.15, -0.1) is 0 Å². The Hall–Kier alpha value is -0.0800. The monoisotopic (exact) mass is 184 g/mol. The molecule has 2 aliphatic rings. The maximum absolute atomic E-state index is 9.00. The molecule has 0 aromatic carbocycles. The summed E-state index contributed by atoms with van der Waals surface area (Å²) in [5, 5.41) is 9.00. The number of rotatable bonds is 4. The van der Waals surface area contributed by atoms with E-state index in [1.54, 1.807) is 0 Å². The molecule has 0 radical (unpaired) electrons. The topological polar surface area (TPSA) is 29.5 Å². The molecule has 0 amide bonds. The van der Waals surface area contributed by atoms with Crippen molar-refractivity contribution in [2.45, 2.75) is 32.1 Å². The second-order valence-corrected chi connectivity index (χ2v) is 4.49. The molecule has 13 heavy (non-hydrogen) atoms. The molecule has 1 aliphatic carbocycles. The van der Waals surface area contributed by atoms with Crippen LogP contribution >= 0.6 is 0 Å². The number of aliphatic hydroxyl groups excluding tert-OH is 1. The summed E-state index contributed by atoms with van der Waals surface area (Å²) in [6.07, 6.45) is 6.32. The summed E-state index contributed by atoms with van der Waals surface area (Å²) in [5.41, 5.74) is 0. The molecule has 1 N–H and O–H groups in total. The SMILES string of the molecule is OCCC(C1CC1)C1CCCOC1. The zero-order valence-corrected chi connectivity index (χ0v) is 8.24. The molecule has 2 rings (SSSR count). The van der Waals surface area contributed by atoms with Crippen LogP contribution < -0.4 is 0 Å². The van der Waals surface area contributed by atoms with E-state index in [1.165, 1.54) is 25.7 Å². The van der Waals surface area contributed by atoms with Gasteiger partial charge in [-0.2, -0.15) is 0 Å². The van der Waals surface area contributed by atoms with Crippen molar-refractivity contribution >= 4 is 0 Å². The van der Waals surface area contributed by atoms with E-state index in [9.17, 15) is 0 Å². The van der Waals surface area contributed by atoms with E-state index in [0.29, 0.717) is 6.61 Å². The van der Waals surface area contributed by atoms with Crippen LogP contribution in [0, 0.1) is 17.8 Å². The fraction of sp³-hybridized carbons (Fsp3) is 1.00. The van der Waals surface area contributed by atoms with Gasteiger partial charge in [-0.05, 0) is 49.9 Å². The summed E-state index contributed by atoms with van der Waals surface area (Å²) in [6, 6.07) is 0. The summed E-state index contributed by atoms with van der Waals surface area (Å²) < 4.78 is 5.51. The van der Waals surface area contributed by atoms with Crippen molar-refractivity contribution in [3.8, 4) is 0 Å². The quantitative estimate of drug-likeness (QED) is 0.722. The largest absolute Gasteiger partial charge is 0.396 e. The third kappa shape index (κ3) is 2.44. The van der Waals surface area contributed by atoms with Crippen LogP contribution in [0.2, 0.25) is 0 Å². The molecule has 0 spiro atoms. The predicted molar refractivity (Wildman–Crippen MR) is 51.5 cm³/mol. The first-order valence-electron chi connectivity index (χ1n) is 5.60. The Morgan fingerprint density at radius 2 is 2.08 bits per heavy atom. The predicted octanol–water partition coefficient (Wildman–Crippen LogP) is 1.82. The van der Waals surface area contributed by atoms with Gasteiger partial charge in [0.2, 0.25) is 0 Å². The van der Waals surface area contributed by atoms with E-state index in [0.717, 1.165) is 37.4 Å². The summed E-state index contributed by atoms with van der Waals surface area (Å²) in [7, 11) is 0. The molecule has 76 valence electrons. The highest BCUT2D eigenvalue weighted by molar-refractivity contribution is 4.86. The normalized spacial score (nSPS) is 31.6. The molecular weight excluding hydrogens is 164 g/mol. The molecule has 0 aromatic rings. The minimum Gasteiger partial charge on any atom is -0.396 e. The first kappa shape index (κ1) is 9.47. The lowest BCUT2D eigenvalue weighted by molar-refractivity contribution is 0.0198. The summed E-state index contributed by atoms with van der Waals surface area (Å²) in [4.78, 5) is 0. The fourth-order valence-corrected chi connectivity index (χ4v) is 2.63. The Kier molecular flexibility index (Phi) is 3.23. The minimum absolute atomic E-state index is 0.359. The van der Waals surface area contributed by atoms with Gasteiger partial charge in [0.25, 0.3) is 0 Å². The van der Waals surface area contributed by atoms with Crippen molar-refractivity contribution in [3.05, 3.63) is 0 Å². The standard InChI is InChI=1S/C11H20O2/c12-6-5-11(9-3-4-9)10-2-1-7-13-8-10/h9-12H,1-8H2. The van der Waals surface area contributed by atoms with Crippen LogP contribution in [0.1, 0.15) is 32.1 Å². The van der Waals surface area contributed by atoms with Gasteiger partial charge < -0.3 is 9.84 Å². The molecule has 1 heterocycles. The van der Waals surface area contributed by atoms with Gasteiger partial charge in [0.1, 0.15) is 0 Å². The van der Waals surface area contributed by atoms with Gasteiger partial charge in [-0.3, -0.25) is 0 Å². The summed E-state index contributed by atoms with van der Waals surface area (Å²) >= 11 is 0. The van der Waals surface area contributed by atoms with E-state index < -0.39 is 0 Å². The van der Waals surface area contributed by atoms with Crippen LogP contribution in [-0.2, 0) is 4.74 Å². The third-order valence-electron chi connectivity index (χ3n) is 3.49. The molecule has 0 aromatic heterocycles. The number of aliphatic hydroxyl groups is 1. The van der Waals surface area contributed by atoms with Crippen LogP contribution in [0.4, 0.5) is 0 Å². The van der Waals surface area contributed by atoms with Crippen molar-refractivity contribution in [1.29, 1.82) is 0 Å². The molecule has 1 aliphatic heterocycles. The van der Waals surface area contributed by atoms with E-state index in [4.69, 9.17) is 9.84 Å². The average Bonchev–Trinajstić information content (AvgIpc) is 2.99. The van der Waals surface area contributed by atoms with E-state index >= 15 is 0 Å². The maximum Gasteiger partial charge on any atom is 0.0497 e. The molecule has 1 saturated carbocycles. The smallest absolute Gasteiger partial charge is 0.0497 e. The Bertz CT molecular complexity index is 148. The Balaban J connectivity index is 1.84. The fourth-order valence-electron chi connectivity index (χ4n) is 2.63. The highest BCUT2D eigenvalue weighted by atomic mass is 16.5. The van der Waals surface area contributed by atoms with Crippen LogP contribution in [0.5, 0.6) is 0 Å². The zero-order chi connectivity index (χ0) is 9.10. The van der Waals surface area contributed by atoms with Crippen LogP contribution in [-0.4, -0.2) is 24.9 Å². The van der Waals surface area contributed by atoms with Crippen molar-refractivity contribution in [2.75, 3.05) is 19.8 Å². The molecule has 2 fully saturated rings. The van der Waals surface area contributed by atoms with Crippen LogP contribution in [0.25, 0.3) is 0 Å². The van der Waals surface area contributed by atoms with Gasteiger partial charge in [-0.25, -0.2) is 0 Å². The lowest BCUT2D eigenvalue weighted by Crippen LogP contribution is -2.27. The van der Waals surface area contributed by atoms with Gasteiger partial charge in [0.15, 0.2) is 0 Å². The number of ether oxygens (including phenoxy) is 1. The van der Waals surface area contributed by atoms with Gasteiger partial charge >= 0.3 is 0 Å². The van der Waals surface area contributed by atoms with Crippen LogP contribution in [0.15, 0.2) is 0 Å². The van der Waals surface area contributed by atoms with E-state index in [2.05, 4.69) is 0 Å². The Morgan fingerprint density at radius 3 is 2.62 bits per heavy atom. The van der Waals surface area contributed by atoms with Crippen molar-refractivity contribution in [1.82, 2.24) is 0 Å². The molecule has 2 heteroatoms. The molecular formula is C11H20O2. The molecule has 2 nitrogen and oxygen atoms in total. The number of hydrogen-bond acceptors (Lipinski definition) is 2. The van der Waals surface area contributed by atoms with Gasteiger partial charge in [-0.1, -0.05) is 0 Å². The lowest BCUT2D eigenvalue weighted by Gasteiger charge is -2.30. The number of hydrogen-bond donors (Lipinski definition) is 1. The zero-order valence-electron chi connectivity index (χ0n) is 8.24. The second kappa shape index (κ2) is 4.43. The molecule has 0 bridgehead atoms. The molecule has 2 atom stereocenters. The first-order valence-corrected chi connectivity index (χ1v) is 5.60. The molecule has 2 unspecified atom stereocenters. The highest BCUT2D eigenvalue weighted by Gasteiger charge is 2.36.